The molecule has 1 heterocycles. The van der Waals surface area contributed by atoms with E-state index >= 15 is 0 Å². The number of hydrogen-bond donors (Lipinski definition) is 1. The molecule has 0 spiro atoms. The van der Waals surface area contributed by atoms with Crippen LogP contribution in [0, 0.1) is 0 Å². The van der Waals surface area contributed by atoms with E-state index in [4.69, 9.17) is 14.2 Å². The predicted octanol–water partition coefficient (Wildman–Crippen LogP) is 3.09. The maximum atomic E-state index is 10.3. The number of rotatable bonds is 5. The van der Waals surface area contributed by atoms with Crippen LogP contribution in [0.1, 0.15) is 23.7 Å². The summed E-state index contributed by atoms with van der Waals surface area (Å²) < 4.78 is 15.7. The quantitative estimate of drug-likeness (QED) is 0.917. The van der Waals surface area contributed by atoms with Gasteiger partial charge in [0.1, 0.15) is 5.75 Å². The molecule has 1 aliphatic heterocycles. The lowest BCUT2D eigenvalue weighted by Gasteiger charge is -2.12. The van der Waals surface area contributed by atoms with E-state index in [1.165, 1.54) is 5.56 Å². The molecular weight excluding hydrogens is 268 g/mol. The zero-order chi connectivity index (χ0) is 14.7. The summed E-state index contributed by atoms with van der Waals surface area (Å²) in [5.41, 5.74) is 2.03. The highest BCUT2D eigenvalue weighted by molar-refractivity contribution is 5.45. The lowest BCUT2D eigenvalue weighted by atomic mass is 10.0. The molecule has 4 heteroatoms. The Morgan fingerprint density at radius 1 is 1.10 bits per heavy atom. The number of ether oxygens (including phenoxy) is 3. The molecule has 0 fully saturated rings. The van der Waals surface area contributed by atoms with Gasteiger partial charge in [-0.25, -0.2) is 0 Å². The van der Waals surface area contributed by atoms with Crippen LogP contribution >= 0.6 is 0 Å². The Kier molecular flexibility index (Phi) is 3.97. The van der Waals surface area contributed by atoms with Gasteiger partial charge >= 0.3 is 0 Å². The molecule has 0 aromatic heterocycles. The van der Waals surface area contributed by atoms with Crippen molar-refractivity contribution in [2.75, 3.05) is 13.9 Å². The van der Waals surface area contributed by atoms with E-state index in [0.717, 1.165) is 23.5 Å². The van der Waals surface area contributed by atoms with Crippen molar-refractivity contribution in [2.24, 2.45) is 0 Å². The van der Waals surface area contributed by atoms with E-state index < -0.39 is 6.10 Å². The second-order valence-corrected chi connectivity index (χ2v) is 5.02. The Hall–Kier alpha value is -2.20. The van der Waals surface area contributed by atoms with E-state index in [1.807, 2.05) is 42.5 Å². The van der Waals surface area contributed by atoms with Crippen molar-refractivity contribution in [1.29, 1.82) is 0 Å². The van der Waals surface area contributed by atoms with Crippen LogP contribution in [0.5, 0.6) is 17.2 Å². The van der Waals surface area contributed by atoms with Crippen LogP contribution < -0.4 is 14.2 Å². The molecule has 0 amide bonds. The number of aliphatic hydroxyl groups excluding tert-OH is 1. The number of hydrogen-bond acceptors (Lipinski definition) is 4. The Bertz CT molecular complexity index is 607. The minimum atomic E-state index is -0.512. The molecule has 1 atom stereocenters. The molecule has 0 saturated carbocycles. The van der Waals surface area contributed by atoms with Gasteiger partial charge in [0.2, 0.25) is 6.79 Å². The molecule has 0 radical (unpaired) electrons. The first-order valence-corrected chi connectivity index (χ1v) is 6.97. The fraction of sp³-hybridized carbons (Fsp3) is 0.294. The van der Waals surface area contributed by atoms with E-state index in [9.17, 15) is 5.11 Å². The van der Waals surface area contributed by atoms with E-state index in [2.05, 4.69) is 0 Å². The molecule has 1 aliphatic rings. The average molecular weight is 286 g/mol. The summed E-state index contributed by atoms with van der Waals surface area (Å²) in [7, 11) is 1.65. The van der Waals surface area contributed by atoms with Gasteiger partial charge in [-0.2, -0.15) is 0 Å². The first-order valence-electron chi connectivity index (χ1n) is 6.97. The highest BCUT2D eigenvalue weighted by Crippen LogP contribution is 2.35. The molecule has 4 nitrogen and oxygen atoms in total. The van der Waals surface area contributed by atoms with Crippen molar-refractivity contribution >= 4 is 0 Å². The third-order valence-corrected chi connectivity index (χ3v) is 3.65. The predicted molar refractivity (Wildman–Crippen MR) is 78.8 cm³/mol. The summed E-state index contributed by atoms with van der Waals surface area (Å²) in [6, 6.07) is 13.5. The number of methoxy groups -OCH3 is 1. The van der Waals surface area contributed by atoms with Crippen LogP contribution in [0.25, 0.3) is 0 Å². The molecule has 21 heavy (non-hydrogen) atoms. The summed E-state index contributed by atoms with van der Waals surface area (Å²) >= 11 is 0. The molecule has 0 bridgehead atoms. The topological polar surface area (TPSA) is 47.9 Å². The monoisotopic (exact) mass is 286 g/mol. The smallest absolute Gasteiger partial charge is 0.231 e. The Labute approximate surface area is 123 Å². The third-order valence-electron chi connectivity index (χ3n) is 3.65. The minimum absolute atomic E-state index is 0.251. The highest BCUT2D eigenvalue weighted by Gasteiger charge is 2.16. The van der Waals surface area contributed by atoms with Crippen LogP contribution in [0.15, 0.2) is 42.5 Å². The van der Waals surface area contributed by atoms with Crippen LogP contribution in [0.2, 0.25) is 0 Å². The third kappa shape index (κ3) is 3.11. The zero-order valence-electron chi connectivity index (χ0n) is 11.9. The van der Waals surface area contributed by atoms with Gasteiger partial charge in [0, 0.05) is 0 Å². The van der Waals surface area contributed by atoms with Crippen LogP contribution in [-0.2, 0) is 6.42 Å². The first-order chi connectivity index (χ1) is 10.3. The van der Waals surface area contributed by atoms with Gasteiger partial charge in [0.05, 0.1) is 13.2 Å². The van der Waals surface area contributed by atoms with Crippen LogP contribution in [0.4, 0.5) is 0 Å². The Balaban J connectivity index is 1.61. The zero-order valence-corrected chi connectivity index (χ0v) is 11.9. The second kappa shape index (κ2) is 6.06. The number of benzene rings is 2. The maximum Gasteiger partial charge on any atom is 0.231 e. The van der Waals surface area contributed by atoms with E-state index in [1.54, 1.807) is 7.11 Å². The standard InChI is InChI=1S/C17H18O4/c1-19-14-6-2-12(3-7-14)4-8-15(18)13-5-9-16-17(10-13)21-11-20-16/h2-3,5-7,9-10,15,18H,4,8,11H2,1H3. The summed E-state index contributed by atoms with van der Waals surface area (Å²) in [6.07, 6.45) is 0.951. The van der Waals surface area contributed by atoms with Crippen LogP contribution in [0.3, 0.4) is 0 Å². The molecule has 3 rings (SSSR count). The van der Waals surface area contributed by atoms with E-state index in [-0.39, 0.29) is 6.79 Å². The largest absolute Gasteiger partial charge is 0.497 e. The molecular formula is C17H18O4. The van der Waals surface area contributed by atoms with Gasteiger partial charge in [-0.3, -0.25) is 0 Å². The molecule has 110 valence electrons. The van der Waals surface area contributed by atoms with Crippen molar-refractivity contribution in [3.8, 4) is 17.2 Å². The lowest BCUT2D eigenvalue weighted by molar-refractivity contribution is 0.165. The van der Waals surface area contributed by atoms with Gasteiger partial charge in [-0.1, -0.05) is 18.2 Å². The first kappa shape index (κ1) is 13.8. The fourth-order valence-electron chi connectivity index (χ4n) is 2.38. The van der Waals surface area contributed by atoms with Gasteiger partial charge in [0.25, 0.3) is 0 Å². The van der Waals surface area contributed by atoms with Gasteiger partial charge < -0.3 is 19.3 Å². The summed E-state index contributed by atoms with van der Waals surface area (Å²) in [5.74, 6) is 2.28. The number of fused-ring (bicyclic) bond motifs is 1. The maximum absolute atomic E-state index is 10.3. The molecule has 1 N–H and O–H groups in total. The SMILES string of the molecule is COc1ccc(CCC(O)c2ccc3c(c2)OCO3)cc1. The molecule has 2 aromatic rings. The number of aliphatic hydroxyl groups is 1. The normalized spacial score (nSPS) is 14.0. The molecule has 0 saturated heterocycles. The summed E-state index contributed by atoms with van der Waals surface area (Å²) in [5, 5.41) is 10.3. The summed E-state index contributed by atoms with van der Waals surface area (Å²) in [4.78, 5) is 0. The number of aryl methyl sites for hydroxylation is 1. The second-order valence-electron chi connectivity index (χ2n) is 5.02. The van der Waals surface area contributed by atoms with Gasteiger partial charge in [0.15, 0.2) is 11.5 Å². The van der Waals surface area contributed by atoms with Crippen molar-refractivity contribution in [1.82, 2.24) is 0 Å². The molecule has 0 aliphatic carbocycles. The highest BCUT2D eigenvalue weighted by atomic mass is 16.7. The Morgan fingerprint density at radius 2 is 1.86 bits per heavy atom. The minimum Gasteiger partial charge on any atom is -0.497 e. The van der Waals surface area contributed by atoms with Crippen LogP contribution in [-0.4, -0.2) is 19.0 Å². The van der Waals surface area contributed by atoms with Gasteiger partial charge in [-0.05, 0) is 48.2 Å². The Morgan fingerprint density at radius 3 is 2.62 bits per heavy atom. The molecule has 1 unspecified atom stereocenters. The summed E-state index contributed by atoms with van der Waals surface area (Å²) in [6.45, 7) is 0.251. The van der Waals surface area contributed by atoms with Crippen molar-refractivity contribution in [3.63, 3.8) is 0 Å². The van der Waals surface area contributed by atoms with Crippen molar-refractivity contribution in [2.45, 2.75) is 18.9 Å². The van der Waals surface area contributed by atoms with Crippen molar-refractivity contribution < 1.29 is 19.3 Å². The molecule has 2 aromatic carbocycles. The van der Waals surface area contributed by atoms with Gasteiger partial charge in [-0.15, -0.1) is 0 Å². The van der Waals surface area contributed by atoms with E-state index in [0.29, 0.717) is 12.2 Å². The van der Waals surface area contributed by atoms with Crippen molar-refractivity contribution in [3.05, 3.63) is 53.6 Å². The average Bonchev–Trinajstić information content (AvgIpc) is 3.00. The fourth-order valence-corrected chi connectivity index (χ4v) is 2.38. The lowest BCUT2D eigenvalue weighted by Crippen LogP contribution is -2.00.